The molecule has 1 fully saturated rings. The van der Waals surface area contributed by atoms with Crippen LogP contribution < -0.4 is 4.90 Å². The number of aryl methyl sites for hydroxylation is 2. The van der Waals surface area contributed by atoms with Gasteiger partial charge in [-0.15, -0.1) is 0 Å². The highest BCUT2D eigenvalue weighted by atomic mass is 16.5. The van der Waals surface area contributed by atoms with Gasteiger partial charge in [0.15, 0.2) is 11.6 Å². The second kappa shape index (κ2) is 7.79. The number of morpholine rings is 1. The molecule has 140 valence electrons. The topological polar surface area (TPSA) is 92.7 Å². The molecular formula is C19H23N7O. The van der Waals surface area contributed by atoms with E-state index in [0.717, 1.165) is 48.1 Å². The average Bonchev–Trinajstić information content (AvgIpc) is 3.23. The Morgan fingerprint density at radius 3 is 2.74 bits per heavy atom. The maximum Gasteiger partial charge on any atom is 0.181 e. The summed E-state index contributed by atoms with van der Waals surface area (Å²) in [6.07, 6.45) is 5.03. The quantitative estimate of drug-likeness (QED) is 0.742. The summed E-state index contributed by atoms with van der Waals surface area (Å²) in [5.41, 5.74) is 1.98. The van der Waals surface area contributed by atoms with E-state index in [1.807, 2.05) is 19.1 Å². The molecule has 8 nitrogen and oxygen atoms in total. The standard InChI is InChI=1S/C19H23N7O/c1-3-14-11-17(23-18(21-14)13-5-7-20-8-6-13)26-9-10-27-15(12-26)19-22-16(4-2)24-25-19/h5-8,11,15H,3-4,9-10,12H2,1-2H3,(H,22,24,25). The largest absolute Gasteiger partial charge is 0.366 e. The van der Waals surface area contributed by atoms with Gasteiger partial charge in [-0.1, -0.05) is 13.8 Å². The molecule has 1 unspecified atom stereocenters. The van der Waals surface area contributed by atoms with Gasteiger partial charge >= 0.3 is 0 Å². The van der Waals surface area contributed by atoms with E-state index in [1.54, 1.807) is 12.4 Å². The Morgan fingerprint density at radius 1 is 1.15 bits per heavy atom. The molecule has 1 aliphatic rings. The van der Waals surface area contributed by atoms with Crippen LogP contribution in [0.3, 0.4) is 0 Å². The second-order valence-electron chi connectivity index (χ2n) is 6.43. The summed E-state index contributed by atoms with van der Waals surface area (Å²) >= 11 is 0. The van der Waals surface area contributed by atoms with Gasteiger partial charge in [-0.3, -0.25) is 10.1 Å². The highest BCUT2D eigenvalue weighted by Crippen LogP contribution is 2.25. The van der Waals surface area contributed by atoms with E-state index in [0.29, 0.717) is 19.0 Å². The first-order valence-corrected chi connectivity index (χ1v) is 9.33. The van der Waals surface area contributed by atoms with Crippen molar-refractivity contribution >= 4 is 5.82 Å². The first-order valence-electron chi connectivity index (χ1n) is 9.33. The number of nitrogens with zero attached hydrogens (tertiary/aromatic N) is 6. The molecule has 0 spiro atoms. The molecule has 4 rings (SSSR count). The zero-order valence-corrected chi connectivity index (χ0v) is 15.6. The van der Waals surface area contributed by atoms with E-state index >= 15 is 0 Å². The molecule has 0 aromatic carbocycles. The number of hydrogen-bond donors (Lipinski definition) is 1. The van der Waals surface area contributed by atoms with Crippen molar-refractivity contribution in [3.05, 3.63) is 47.9 Å². The number of rotatable bonds is 5. The van der Waals surface area contributed by atoms with Crippen LogP contribution in [-0.4, -0.2) is 49.8 Å². The first kappa shape index (κ1) is 17.5. The molecule has 0 saturated carbocycles. The minimum absolute atomic E-state index is 0.167. The minimum atomic E-state index is -0.167. The lowest BCUT2D eigenvalue weighted by atomic mass is 10.2. The van der Waals surface area contributed by atoms with Crippen LogP contribution in [-0.2, 0) is 17.6 Å². The fourth-order valence-electron chi connectivity index (χ4n) is 3.08. The Morgan fingerprint density at radius 2 is 2.00 bits per heavy atom. The van der Waals surface area contributed by atoms with Gasteiger partial charge in [0, 0.05) is 42.7 Å². The van der Waals surface area contributed by atoms with Crippen molar-refractivity contribution in [1.82, 2.24) is 30.1 Å². The number of anilines is 1. The number of H-pyrrole nitrogens is 1. The van der Waals surface area contributed by atoms with Crippen molar-refractivity contribution in [3.63, 3.8) is 0 Å². The summed E-state index contributed by atoms with van der Waals surface area (Å²) in [6.45, 7) is 6.20. The predicted molar refractivity (Wildman–Crippen MR) is 101 cm³/mol. The van der Waals surface area contributed by atoms with Crippen LogP contribution in [0.25, 0.3) is 11.4 Å². The van der Waals surface area contributed by atoms with E-state index in [1.165, 1.54) is 0 Å². The Bertz CT molecular complexity index is 896. The predicted octanol–water partition coefficient (Wildman–Crippen LogP) is 2.36. The third-order valence-electron chi connectivity index (χ3n) is 4.63. The van der Waals surface area contributed by atoms with Crippen LogP contribution >= 0.6 is 0 Å². The van der Waals surface area contributed by atoms with Gasteiger partial charge in [0.2, 0.25) is 0 Å². The molecule has 1 atom stereocenters. The van der Waals surface area contributed by atoms with E-state index in [2.05, 4.69) is 43.0 Å². The van der Waals surface area contributed by atoms with E-state index < -0.39 is 0 Å². The van der Waals surface area contributed by atoms with Crippen molar-refractivity contribution in [1.29, 1.82) is 0 Å². The van der Waals surface area contributed by atoms with Crippen molar-refractivity contribution in [2.75, 3.05) is 24.6 Å². The number of aromatic nitrogens is 6. The van der Waals surface area contributed by atoms with Crippen LogP contribution in [0.2, 0.25) is 0 Å². The maximum absolute atomic E-state index is 5.91. The second-order valence-corrected chi connectivity index (χ2v) is 6.43. The van der Waals surface area contributed by atoms with Crippen molar-refractivity contribution < 1.29 is 4.74 Å². The molecule has 0 bridgehead atoms. The third-order valence-corrected chi connectivity index (χ3v) is 4.63. The Balaban J connectivity index is 1.62. The average molecular weight is 365 g/mol. The number of ether oxygens (including phenoxy) is 1. The first-order chi connectivity index (χ1) is 13.3. The molecule has 1 saturated heterocycles. The van der Waals surface area contributed by atoms with Gasteiger partial charge in [0.1, 0.15) is 17.7 Å². The lowest BCUT2D eigenvalue weighted by molar-refractivity contribution is 0.0339. The molecular weight excluding hydrogens is 342 g/mol. The van der Waals surface area contributed by atoms with Gasteiger partial charge in [-0.25, -0.2) is 15.0 Å². The fourth-order valence-corrected chi connectivity index (χ4v) is 3.08. The molecule has 3 aromatic rings. The SMILES string of the molecule is CCc1cc(N2CCOC(c3n[nH]c(CC)n3)C2)nc(-c2ccncc2)n1. The molecule has 27 heavy (non-hydrogen) atoms. The third kappa shape index (κ3) is 3.80. The van der Waals surface area contributed by atoms with E-state index in [9.17, 15) is 0 Å². The summed E-state index contributed by atoms with van der Waals surface area (Å²) < 4.78 is 5.91. The number of pyridine rings is 1. The molecule has 1 N–H and O–H groups in total. The number of aromatic amines is 1. The zero-order chi connectivity index (χ0) is 18.6. The maximum atomic E-state index is 5.91. The Kier molecular flexibility index (Phi) is 5.06. The monoisotopic (exact) mass is 365 g/mol. The van der Waals surface area contributed by atoms with Crippen LogP contribution in [0, 0.1) is 0 Å². The Hall–Kier alpha value is -2.87. The summed E-state index contributed by atoms with van der Waals surface area (Å²) in [5.74, 6) is 3.21. The van der Waals surface area contributed by atoms with Gasteiger partial charge < -0.3 is 9.64 Å². The van der Waals surface area contributed by atoms with Gasteiger partial charge in [0.25, 0.3) is 0 Å². The zero-order valence-electron chi connectivity index (χ0n) is 15.6. The molecule has 8 heteroatoms. The molecule has 3 aromatic heterocycles. The lowest BCUT2D eigenvalue weighted by Crippen LogP contribution is -2.39. The van der Waals surface area contributed by atoms with E-state index in [4.69, 9.17) is 9.72 Å². The number of nitrogens with one attached hydrogen (secondary N) is 1. The van der Waals surface area contributed by atoms with Crippen molar-refractivity contribution in [3.8, 4) is 11.4 Å². The molecule has 1 aliphatic heterocycles. The van der Waals surface area contributed by atoms with Crippen LogP contribution in [0.5, 0.6) is 0 Å². The molecule has 0 radical (unpaired) electrons. The highest BCUT2D eigenvalue weighted by molar-refractivity contribution is 5.57. The Labute approximate surface area is 158 Å². The van der Waals surface area contributed by atoms with Gasteiger partial charge in [-0.05, 0) is 18.6 Å². The highest BCUT2D eigenvalue weighted by Gasteiger charge is 2.26. The number of hydrogen-bond acceptors (Lipinski definition) is 7. The normalized spacial score (nSPS) is 17.3. The molecule has 4 heterocycles. The van der Waals surface area contributed by atoms with Gasteiger partial charge in [0.05, 0.1) is 13.2 Å². The summed E-state index contributed by atoms with van der Waals surface area (Å²) in [5, 5.41) is 7.28. The minimum Gasteiger partial charge on any atom is -0.366 e. The smallest absolute Gasteiger partial charge is 0.181 e. The summed E-state index contributed by atoms with van der Waals surface area (Å²) in [4.78, 5) is 20.3. The van der Waals surface area contributed by atoms with Gasteiger partial charge in [-0.2, -0.15) is 5.10 Å². The lowest BCUT2D eigenvalue weighted by Gasteiger charge is -2.32. The molecule has 0 amide bonds. The van der Waals surface area contributed by atoms with Crippen LogP contribution in [0.4, 0.5) is 5.82 Å². The van der Waals surface area contributed by atoms with Crippen LogP contribution in [0.1, 0.15) is 37.3 Å². The van der Waals surface area contributed by atoms with Crippen LogP contribution in [0.15, 0.2) is 30.6 Å². The summed E-state index contributed by atoms with van der Waals surface area (Å²) in [6, 6.07) is 5.92. The summed E-state index contributed by atoms with van der Waals surface area (Å²) in [7, 11) is 0. The molecule has 0 aliphatic carbocycles. The fraction of sp³-hybridized carbons (Fsp3) is 0.421. The van der Waals surface area contributed by atoms with Crippen molar-refractivity contribution in [2.45, 2.75) is 32.8 Å². The van der Waals surface area contributed by atoms with Crippen molar-refractivity contribution in [2.24, 2.45) is 0 Å². The van der Waals surface area contributed by atoms with E-state index in [-0.39, 0.29) is 6.10 Å².